The fourth-order valence-electron chi connectivity index (χ4n) is 2.67. The third kappa shape index (κ3) is 6.71. The molecule has 0 saturated carbocycles. The van der Waals surface area contributed by atoms with Gasteiger partial charge in [0.2, 0.25) is 0 Å². The van der Waals surface area contributed by atoms with Gasteiger partial charge in [-0.15, -0.1) is 0 Å². The number of benzene rings is 2. The van der Waals surface area contributed by atoms with Crippen molar-refractivity contribution in [2.75, 3.05) is 14.2 Å². The van der Waals surface area contributed by atoms with E-state index in [1.807, 2.05) is 0 Å². The topological polar surface area (TPSA) is 149 Å². The maximum atomic E-state index is 12.2. The Bertz CT molecular complexity index is 1180. The lowest BCUT2D eigenvalue weighted by Crippen LogP contribution is -2.18. The number of hydrazone groups is 2. The van der Waals surface area contributed by atoms with Gasteiger partial charge in [0.15, 0.2) is 11.5 Å². The van der Waals surface area contributed by atoms with Crippen LogP contribution in [-0.4, -0.2) is 50.4 Å². The molecule has 0 atom stereocenters. The average Bonchev–Trinajstić information content (AvgIpc) is 3.39. The molecule has 3 aromatic rings. The van der Waals surface area contributed by atoms with E-state index in [1.54, 1.807) is 48.5 Å². The Kier molecular flexibility index (Phi) is 8.22. The Morgan fingerprint density at radius 3 is 1.37 bits per heavy atom. The number of hydrogen-bond acceptors (Lipinski definition) is 9. The SMILES string of the molecule is COC(=O)c1ccc(C=NNC(=O)c2ccc(C(=O)NN=Cc3ccc(C(=O)OC)cc3)o2)cc1. The van der Waals surface area contributed by atoms with Gasteiger partial charge in [-0.25, -0.2) is 20.4 Å². The highest BCUT2D eigenvalue weighted by atomic mass is 16.5. The first kappa shape index (κ1) is 24.6. The number of rotatable bonds is 8. The summed E-state index contributed by atoms with van der Waals surface area (Å²) >= 11 is 0. The fourth-order valence-corrected chi connectivity index (χ4v) is 2.67. The standard InChI is InChI=1S/C24H20N4O7/c1-33-23(31)17-7-3-15(4-8-17)13-25-27-21(29)19-11-12-20(35-19)22(30)28-26-14-16-5-9-18(10-6-16)24(32)34-2/h3-14H,1-2H3,(H,27,29)(H,28,30). The molecule has 0 spiro atoms. The maximum absolute atomic E-state index is 12.2. The van der Waals surface area contributed by atoms with Crippen molar-refractivity contribution in [1.82, 2.24) is 10.9 Å². The second-order valence-corrected chi connectivity index (χ2v) is 6.79. The lowest BCUT2D eigenvalue weighted by atomic mass is 10.1. The summed E-state index contributed by atoms with van der Waals surface area (Å²) in [6.07, 6.45) is 2.75. The average molecular weight is 476 g/mol. The van der Waals surface area contributed by atoms with Crippen molar-refractivity contribution in [2.45, 2.75) is 0 Å². The normalized spacial score (nSPS) is 10.8. The molecule has 2 aromatic carbocycles. The van der Waals surface area contributed by atoms with Crippen molar-refractivity contribution in [3.8, 4) is 0 Å². The Hall–Kier alpha value is -5.06. The first-order valence-corrected chi connectivity index (χ1v) is 10.0. The Morgan fingerprint density at radius 1 is 0.657 bits per heavy atom. The zero-order valence-electron chi connectivity index (χ0n) is 18.7. The Morgan fingerprint density at radius 2 is 1.03 bits per heavy atom. The quantitative estimate of drug-likeness (QED) is 0.288. The van der Waals surface area contributed by atoms with Crippen LogP contribution >= 0.6 is 0 Å². The summed E-state index contributed by atoms with van der Waals surface area (Å²) in [7, 11) is 2.58. The van der Waals surface area contributed by atoms with Crippen molar-refractivity contribution < 1.29 is 33.1 Å². The molecular formula is C24H20N4O7. The zero-order chi connectivity index (χ0) is 25.2. The van der Waals surface area contributed by atoms with Gasteiger partial charge in [0, 0.05) is 0 Å². The molecule has 0 radical (unpaired) electrons. The number of carbonyl (C=O) groups is 4. The molecule has 3 rings (SSSR count). The van der Waals surface area contributed by atoms with Gasteiger partial charge in [0.1, 0.15) is 0 Å². The molecule has 0 aliphatic carbocycles. The number of nitrogens with one attached hydrogen (secondary N) is 2. The van der Waals surface area contributed by atoms with Gasteiger partial charge in [0.05, 0.1) is 37.8 Å². The van der Waals surface area contributed by atoms with E-state index in [-0.39, 0.29) is 11.5 Å². The van der Waals surface area contributed by atoms with Gasteiger partial charge >= 0.3 is 23.8 Å². The minimum atomic E-state index is -0.666. The van der Waals surface area contributed by atoms with Crippen LogP contribution in [0.1, 0.15) is 53.0 Å². The summed E-state index contributed by atoms with van der Waals surface area (Å²) in [6.45, 7) is 0. The number of methoxy groups -OCH3 is 2. The lowest BCUT2D eigenvalue weighted by Gasteiger charge is -2.00. The molecule has 35 heavy (non-hydrogen) atoms. The van der Waals surface area contributed by atoms with Crippen LogP contribution in [0.4, 0.5) is 0 Å². The van der Waals surface area contributed by atoms with Crippen LogP contribution < -0.4 is 10.9 Å². The number of esters is 2. The van der Waals surface area contributed by atoms with E-state index in [1.165, 1.54) is 38.8 Å². The van der Waals surface area contributed by atoms with Crippen LogP contribution in [0.15, 0.2) is 75.3 Å². The fraction of sp³-hybridized carbons (Fsp3) is 0.0833. The van der Waals surface area contributed by atoms with E-state index in [0.29, 0.717) is 22.3 Å². The summed E-state index contributed by atoms with van der Waals surface area (Å²) < 4.78 is 14.5. The van der Waals surface area contributed by atoms with Crippen molar-refractivity contribution in [3.05, 3.63) is 94.4 Å². The number of nitrogens with zero attached hydrogens (tertiary/aromatic N) is 2. The van der Waals surface area contributed by atoms with Crippen LogP contribution in [0, 0.1) is 0 Å². The van der Waals surface area contributed by atoms with Gasteiger partial charge < -0.3 is 13.9 Å². The highest BCUT2D eigenvalue weighted by Gasteiger charge is 2.15. The molecule has 1 heterocycles. The van der Waals surface area contributed by atoms with Crippen LogP contribution in [-0.2, 0) is 9.47 Å². The second kappa shape index (κ2) is 11.7. The van der Waals surface area contributed by atoms with Gasteiger partial charge in [0.25, 0.3) is 0 Å². The van der Waals surface area contributed by atoms with Gasteiger partial charge in [-0.1, -0.05) is 24.3 Å². The molecule has 2 N–H and O–H groups in total. The predicted molar refractivity (Wildman–Crippen MR) is 124 cm³/mol. The first-order chi connectivity index (χ1) is 16.9. The molecule has 0 fully saturated rings. The van der Waals surface area contributed by atoms with E-state index in [2.05, 4.69) is 30.5 Å². The van der Waals surface area contributed by atoms with E-state index >= 15 is 0 Å². The molecule has 11 heteroatoms. The smallest absolute Gasteiger partial charge is 0.337 e. The summed E-state index contributed by atoms with van der Waals surface area (Å²) in [6, 6.07) is 15.4. The molecule has 1 aromatic heterocycles. The third-order valence-corrected chi connectivity index (χ3v) is 4.48. The largest absolute Gasteiger partial charge is 0.465 e. The predicted octanol–water partition coefficient (Wildman–Crippen LogP) is 2.38. The first-order valence-electron chi connectivity index (χ1n) is 10.0. The third-order valence-electron chi connectivity index (χ3n) is 4.48. The lowest BCUT2D eigenvalue weighted by molar-refractivity contribution is 0.0592. The minimum Gasteiger partial charge on any atom is -0.465 e. The van der Waals surface area contributed by atoms with Crippen LogP contribution in [0.3, 0.4) is 0 Å². The number of ether oxygens (including phenoxy) is 2. The monoisotopic (exact) mass is 476 g/mol. The maximum Gasteiger partial charge on any atom is 0.337 e. The number of amides is 2. The van der Waals surface area contributed by atoms with E-state index in [0.717, 1.165) is 0 Å². The Balaban J connectivity index is 1.51. The highest BCUT2D eigenvalue weighted by Crippen LogP contribution is 2.09. The molecule has 0 aliphatic rings. The zero-order valence-corrected chi connectivity index (χ0v) is 18.7. The molecule has 178 valence electrons. The molecular weight excluding hydrogens is 456 g/mol. The second-order valence-electron chi connectivity index (χ2n) is 6.79. The number of hydrogen-bond donors (Lipinski definition) is 2. The van der Waals surface area contributed by atoms with Crippen LogP contribution in [0.5, 0.6) is 0 Å². The van der Waals surface area contributed by atoms with Crippen molar-refractivity contribution in [1.29, 1.82) is 0 Å². The summed E-state index contributed by atoms with van der Waals surface area (Å²) in [5.41, 5.74) is 6.60. The van der Waals surface area contributed by atoms with E-state index in [4.69, 9.17) is 4.42 Å². The highest BCUT2D eigenvalue weighted by molar-refractivity contribution is 5.96. The molecule has 11 nitrogen and oxygen atoms in total. The molecule has 0 bridgehead atoms. The van der Waals surface area contributed by atoms with Gasteiger partial charge in [-0.2, -0.15) is 10.2 Å². The van der Waals surface area contributed by atoms with Crippen molar-refractivity contribution in [2.24, 2.45) is 10.2 Å². The van der Waals surface area contributed by atoms with E-state index < -0.39 is 23.8 Å². The summed E-state index contributed by atoms with van der Waals surface area (Å²) in [5, 5.41) is 7.64. The van der Waals surface area contributed by atoms with E-state index in [9.17, 15) is 19.2 Å². The summed E-state index contributed by atoms with van der Waals surface area (Å²) in [4.78, 5) is 47.2. The number of furan rings is 1. The summed E-state index contributed by atoms with van der Waals surface area (Å²) in [5.74, 6) is -2.51. The molecule has 0 unspecified atom stereocenters. The van der Waals surface area contributed by atoms with Crippen LogP contribution in [0.2, 0.25) is 0 Å². The minimum absolute atomic E-state index is 0.129. The molecule has 0 saturated heterocycles. The van der Waals surface area contributed by atoms with Gasteiger partial charge in [-0.05, 0) is 47.5 Å². The van der Waals surface area contributed by atoms with Crippen LogP contribution in [0.25, 0.3) is 0 Å². The Labute approximate surface area is 199 Å². The number of carbonyl (C=O) groups excluding carboxylic acids is 4. The molecule has 2 amide bonds. The van der Waals surface area contributed by atoms with Crippen molar-refractivity contribution in [3.63, 3.8) is 0 Å². The molecule has 0 aliphatic heterocycles. The van der Waals surface area contributed by atoms with Crippen molar-refractivity contribution >= 4 is 36.2 Å². The van der Waals surface area contributed by atoms with Gasteiger partial charge in [-0.3, -0.25) is 9.59 Å².